The Hall–Kier alpha value is -2.10. The number of hydrogen-bond donors (Lipinski definition) is 1. The van der Waals surface area contributed by atoms with E-state index < -0.39 is 0 Å². The average Bonchev–Trinajstić information content (AvgIpc) is 2.46. The van der Waals surface area contributed by atoms with Gasteiger partial charge in [-0.3, -0.25) is 0 Å². The van der Waals surface area contributed by atoms with E-state index in [1.807, 2.05) is 6.92 Å². The maximum Gasteiger partial charge on any atom is 0.141 e. The van der Waals surface area contributed by atoms with Crippen LogP contribution >= 0.6 is 0 Å². The number of benzene rings is 1. The number of nitrogens with one attached hydrogen (secondary N) is 1. The number of nitrogens with zero attached hydrogens (tertiary/aromatic N) is 3. The topological polar surface area (TPSA) is 41.1 Å². The van der Waals surface area contributed by atoms with Crippen LogP contribution in [0.25, 0.3) is 0 Å². The molecule has 0 atom stereocenters. The molecule has 1 aromatic heterocycles. The van der Waals surface area contributed by atoms with Crippen molar-refractivity contribution in [1.82, 2.24) is 9.97 Å². The normalized spacial score (nSPS) is 10.5. The molecule has 2 aromatic rings. The molecule has 0 aliphatic carbocycles. The van der Waals surface area contributed by atoms with Crippen molar-refractivity contribution in [3.8, 4) is 0 Å². The van der Waals surface area contributed by atoms with Crippen molar-refractivity contribution >= 4 is 17.3 Å². The number of para-hydroxylation sites is 1. The molecule has 0 radical (unpaired) electrons. The summed E-state index contributed by atoms with van der Waals surface area (Å²) in [4.78, 5) is 11.4. The van der Waals surface area contributed by atoms with E-state index >= 15 is 0 Å². The van der Waals surface area contributed by atoms with Crippen molar-refractivity contribution < 1.29 is 0 Å². The van der Waals surface area contributed by atoms with Gasteiger partial charge < -0.3 is 10.2 Å². The van der Waals surface area contributed by atoms with Crippen LogP contribution in [-0.4, -0.2) is 23.1 Å². The number of hydrogen-bond acceptors (Lipinski definition) is 4. The fraction of sp³-hybridized carbons (Fsp3) is 0.412. The van der Waals surface area contributed by atoms with Crippen LogP contribution in [0, 0.1) is 20.8 Å². The largest absolute Gasteiger partial charge is 0.370 e. The molecule has 1 heterocycles. The summed E-state index contributed by atoms with van der Waals surface area (Å²) in [5, 5.41) is 3.32. The molecule has 4 heteroatoms. The first kappa shape index (κ1) is 15.3. The molecular formula is C17H24N4. The average molecular weight is 284 g/mol. The van der Waals surface area contributed by atoms with Crippen LogP contribution in [-0.2, 0) is 0 Å². The van der Waals surface area contributed by atoms with Crippen LogP contribution in [0.5, 0.6) is 0 Å². The first-order valence-electron chi connectivity index (χ1n) is 7.50. The smallest absolute Gasteiger partial charge is 0.141 e. The second-order valence-corrected chi connectivity index (χ2v) is 5.13. The summed E-state index contributed by atoms with van der Waals surface area (Å²) in [6, 6.07) is 8.41. The van der Waals surface area contributed by atoms with Crippen LogP contribution < -0.4 is 10.2 Å². The van der Waals surface area contributed by atoms with Gasteiger partial charge in [0.25, 0.3) is 0 Å². The summed E-state index contributed by atoms with van der Waals surface area (Å²) in [7, 11) is 0. The fourth-order valence-corrected chi connectivity index (χ4v) is 2.52. The van der Waals surface area contributed by atoms with Gasteiger partial charge in [-0.05, 0) is 46.2 Å². The molecular weight excluding hydrogens is 260 g/mol. The lowest BCUT2D eigenvalue weighted by molar-refractivity contribution is 0.930. The lowest BCUT2D eigenvalue weighted by atomic mass is 10.1. The van der Waals surface area contributed by atoms with E-state index in [4.69, 9.17) is 0 Å². The van der Waals surface area contributed by atoms with E-state index in [-0.39, 0.29) is 0 Å². The van der Waals surface area contributed by atoms with Gasteiger partial charge in [-0.2, -0.15) is 0 Å². The molecule has 0 bridgehead atoms. The van der Waals surface area contributed by atoms with Crippen molar-refractivity contribution in [3.63, 3.8) is 0 Å². The van der Waals surface area contributed by atoms with Gasteiger partial charge in [0.15, 0.2) is 0 Å². The van der Waals surface area contributed by atoms with Crippen LogP contribution in [0.4, 0.5) is 17.3 Å². The van der Waals surface area contributed by atoms with E-state index in [9.17, 15) is 0 Å². The standard InChI is InChI=1S/C17H24N4/c1-6-18-16-13(4)17(20-14(5)19-16)21(7-2)15-11-9-8-10-12(15)3/h8-11H,6-7H2,1-5H3,(H,18,19,20). The summed E-state index contributed by atoms with van der Waals surface area (Å²) in [5.74, 6) is 2.70. The van der Waals surface area contributed by atoms with Gasteiger partial charge in [-0.25, -0.2) is 9.97 Å². The third-order valence-corrected chi connectivity index (χ3v) is 3.55. The van der Waals surface area contributed by atoms with Gasteiger partial charge in [0.1, 0.15) is 17.5 Å². The maximum atomic E-state index is 4.68. The van der Waals surface area contributed by atoms with E-state index in [2.05, 4.69) is 72.1 Å². The Morgan fingerprint density at radius 2 is 1.76 bits per heavy atom. The molecule has 2 rings (SSSR count). The van der Waals surface area contributed by atoms with Crippen LogP contribution in [0.3, 0.4) is 0 Å². The Labute approximate surface area is 127 Å². The van der Waals surface area contributed by atoms with Gasteiger partial charge in [0.2, 0.25) is 0 Å². The Bertz CT molecular complexity index is 622. The molecule has 0 aliphatic rings. The van der Waals surface area contributed by atoms with Crippen molar-refractivity contribution in [3.05, 3.63) is 41.2 Å². The highest BCUT2D eigenvalue weighted by atomic mass is 15.2. The van der Waals surface area contributed by atoms with E-state index in [1.165, 1.54) is 11.3 Å². The Balaban J connectivity index is 2.55. The lowest BCUT2D eigenvalue weighted by Crippen LogP contribution is -2.21. The van der Waals surface area contributed by atoms with Crippen LogP contribution in [0.15, 0.2) is 24.3 Å². The molecule has 0 amide bonds. The lowest BCUT2D eigenvalue weighted by Gasteiger charge is -2.26. The summed E-state index contributed by atoms with van der Waals surface area (Å²) in [6.07, 6.45) is 0. The molecule has 112 valence electrons. The first-order valence-corrected chi connectivity index (χ1v) is 7.50. The van der Waals surface area contributed by atoms with Gasteiger partial charge in [0.05, 0.1) is 0 Å². The molecule has 0 fully saturated rings. The van der Waals surface area contributed by atoms with Crippen molar-refractivity contribution in [2.45, 2.75) is 34.6 Å². The monoisotopic (exact) mass is 284 g/mol. The molecule has 4 nitrogen and oxygen atoms in total. The zero-order chi connectivity index (χ0) is 15.4. The highest BCUT2D eigenvalue weighted by Gasteiger charge is 2.17. The Morgan fingerprint density at radius 1 is 1.05 bits per heavy atom. The molecule has 1 aromatic carbocycles. The molecule has 0 aliphatic heterocycles. The molecule has 0 unspecified atom stereocenters. The Morgan fingerprint density at radius 3 is 2.38 bits per heavy atom. The van der Waals surface area contributed by atoms with E-state index in [0.29, 0.717) is 0 Å². The molecule has 0 spiro atoms. The maximum absolute atomic E-state index is 4.68. The first-order chi connectivity index (χ1) is 10.1. The summed E-state index contributed by atoms with van der Waals surface area (Å²) >= 11 is 0. The number of rotatable bonds is 5. The number of aryl methyl sites for hydroxylation is 2. The fourth-order valence-electron chi connectivity index (χ4n) is 2.52. The third kappa shape index (κ3) is 3.15. The third-order valence-electron chi connectivity index (χ3n) is 3.55. The summed E-state index contributed by atoms with van der Waals surface area (Å²) in [5.41, 5.74) is 3.54. The minimum Gasteiger partial charge on any atom is -0.370 e. The Kier molecular flexibility index (Phi) is 4.78. The second-order valence-electron chi connectivity index (χ2n) is 5.13. The second kappa shape index (κ2) is 6.57. The van der Waals surface area contributed by atoms with E-state index in [0.717, 1.165) is 36.1 Å². The molecule has 0 saturated carbocycles. The predicted octanol–water partition coefficient (Wildman–Crippen LogP) is 3.99. The van der Waals surface area contributed by atoms with Gasteiger partial charge in [0, 0.05) is 24.3 Å². The number of anilines is 3. The van der Waals surface area contributed by atoms with Crippen molar-refractivity contribution in [1.29, 1.82) is 0 Å². The molecule has 21 heavy (non-hydrogen) atoms. The minimum absolute atomic E-state index is 0.790. The van der Waals surface area contributed by atoms with E-state index in [1.54, 1.807) is 0 Å². The zero-order valence-electron chi connectivity index (χ0n) is 13.6. The minimum atomic E-state index is 0.790. The zero-order valence-corrected chi connectivity index (χ0v) is 13.6. The quantitative estimate of drug-likeness (QED) is 0.901. The van der Waals surface area contributed by atoms with Gasteiger partial charge >= 0.3 is 0 Å². The number of aromatic nitrogens is 2. The summed E-state index contributed by atoms with van der Waals surface area (Å²) in [6.45, 7) is 12.1. The van der Waals surface area contributed by atoms with Crippen molar-refractivity contribution in [2.24, 2.45) is 0 Å². The SMILES string of the molecule is CCNc1nc(C)nc(N(CC)c2ccccc2C)c1C. The molecule has 0 saturated heterocycles. The van der Waals surface area contributed by atoms with Gasteiger partial charge in [-0.15, -0.1) is 0 Å². The van der Waals surface area contributed by atoms with Crippen molar-refractivity contribution in [2.75, 3.05) is 23.3 Å². The predicted molar refractivity (Wildman–Crippen MR) is 89.5 cm³/mol. The highest BCUT2D eigenvalue weighted by Crippen LogP contribution is 2.31. The summed E-state index contributed by atoms with van der Waals surface area (Å²) < 4.78 is 0. The molecule has 1 N–H and O–H groups in total. The van der Waals surface area contributed by atoms with Crippen LogP contribution in [0.2, 0.25) is 0 Å². The van der Waals surface area contributed by atoms with Crippen LogP contribution in [0.1, 0.15) is 30.8 Å². The highest BCUT2D eigenvalue weighted by molar-refractivity contribution is 5.69. The van der Waals surface area contributed by atoms with Gasteiger partial charge in [-0.1, -0.05) is 18.2 Å².